The van der Waals surface area contributed by atoms with Gasteiger partial charge in [0.2, 0.25) is 5.16 Å². The van der Waals surface area contributed by atoms with Crippen LogP contribution in [0.1, 0.15) is 19.4 Å². The molecule has 0 amide bonds. The van der Waals surface area contributed by atoms with E-state index in [2.05, 4.69) is 26.9 Å². The lowest BCUT2D eigenvalue weighted by molar-refractivity contribution is 0.287. The Morgan fingerprint density at radius 3 is 2.65 bits per heavy atom. The van der Waals surface area contributed by atoms with Crippen LogP contribution in [-0.2, 0) is 13.6 Å². The van der Waals surface area contributed by atoms with Crippen LogP contribution in [0.4, 0.5) is 0 Å². The van der Waals surface area contributed by atoms with Crippen molar-refractivity contribution in [3.05, 3.63) is 23.8 Å². The number of aryl methyl sites for hydroxylation is 1. The van der Waals surface area contributed by atoms with Crippen molar-refractivity contribution in [2.45, 2.75) is 25.5 Å². The lowest BCUT2D eigenvalue weighted by atomic mass is 10.2. The minimum absolute atomic E-state index is 0.624. The lowest BCUT2D eigenvalue weighted by Gasteiger charge is -2.12. The van der Waals surface area contributed by atoms with Gasteiger partial charge in [-0.3, -0.25) is 0 Å². The molecule has 0 radical (unpaired) electrons. The molecule has 1 aromatic carbocycles. The third-order valence-electron chi connectivity index (χ3n) is 3.03. The van der Waals surface area contributed by atoms with E-state index in [9.17, 15) is 0 Å². The fraction of sp³-hybridized carbons (Fsp3) is 0.533. The molecular formula is C15H23N5O2S. The fourth-order valence-corrected chi connectivity index (χ4v) is 2.74. The quantitative estimate of drug-likeness (QED) is 0.524. The molecule has 2 rings (SSSR count). The van der Waals surface area contributed by atoms with E-state index in [1.807, 2.05) is 33.0 Å². The van der Waals surface area contributed by atoms with Gasteiger partial charge in [0.25, 0.3) is 0 Å². The van der Waals surface area contributed by atoms with Crippen molar-refractivity contribution in [1.29, 1.82) is 0 Å². The van der Waals surface area contributed by atoms with E-state index in [4.69, 9.17) is 9.47 Å². The van der Waals surface area contributed by atoms with Crippen LogP contribution in [0.2, 0.25) is 0 Å². The van der Waals surface area contributed by atoms with Crippen LogP contribution in [0.5, 0.6) is 11.5 Å². The summed E-state index contributed by atoms with van der Waals surface area (Å²) in [6.45, 7) is 6.85. The van der Waals surface area contributed by atoms with Crippen molar-refractivity contribution in [2.75, 3.05) is 25.5 Å². The Labute approximate surface area is 140 Å². The summed E-state index contributed by atoms with van der Waals surface area (Å²) in [6.07, 6.45) is 0. The van der Waals surface area contributed by atoms with Gasteiger partial charge < -0.3 is 14.8 Å². The van der Waals surface area contributed by atoms with Crippen molar-refractivity contribution in [2.24, 2.45) is 7.05 Å². The molecule has 8 heteroatoms. The molecular weight excluding hydrogens is 314 g/mol. The van der Waals surface area contributed by atoms with E-state index >= 15 is 0 Å². The number of aromatic nitrogens is 4. The number of hydrogen-bond acceptors (Lipinski definition) is 7. The van der Waals surface area contributed by atoms with Gasteiger partial charge in [-0.15, -0.1) is 5.10 Å². The number of ether oxygens (including phenoxy) is 2. The number of benzene rings is 1. The highest BCUT2D eigenvalue weighted by atomic mass is 32.2. The van der Waals surface area contributed by atoms with Crippen LogP contribution in [0.3, 0.4) is 0 Å². The molecule has 0 aliphatic carbocycles. The monoisotopic (exact) mass is 337 g/mol. The zero-order valence-corrected chi connectivity index (χ0v) is 14.6. The molecule has 0 unspecified atom stereocenters. The van der Waals surface area contributed by atoms with E-state index in [1.165, 1.54) is 5.56 Å². The van der Waals surface area contributed by atoms with Gasteiger partial charge in [0.15, 0.2) is 11.5 Å². The largest absolute Gasteiger partial charge is 0.490 e. The molecule has 0 aliphatic rings. The van der Waals surface area contributed by atoms with E-state index in [-0.39, 0.29) is 0 Å². The van der Waals surface area contributed by atoms with Gasteiger partial charge in [-0.2, -0.15) is 0 Å². The predicted octanol–water partition coefficient (Wildman–Crippen LogP) is 1.89. The van der Waals surface area contributed by atoms with Gasteiger partial charge in [0, 0.05) is 25.9 Å². The summed E-state index contributed by atoms with van der Waals surface area (Å²) in [7, 11) is 1.84. The maximum Gasteiger partial charge on any atom is 0.209 e. The molecule has 0 atom stereocenters. The molecule has 0 aliphatic heterocycles. The van der Waals surface area contributed by atoms with Gasteiger partial charge in [-0.25, -0.2) is 4.68 Å². The molecule has 1 heterocycles. The van der Waals surface area contributed by atoms with Crippen LogP contribution < -0.4 is 14.8 Å². The van der Waals surface area contributed by atoms with Crippen molar-refractivity contribution in [3.63, 3.8) is 0 Å². The number of nitrogens with zero attached hydrogens (tertiary/aromatic N) is 4. The summed E-state index contributed by atoms with van der Waals surface area (Å²) in [5.41, 5.74) is 1.17. The van der Waals surface area contributed by atoms with Crippen molar-refractivity contribution in [1.82, 2.24) is 25.5 Å². The third-order valence-corrected chi connectivity index (χ3v) is 4.04. The minimum Gasteiger partial charge on any atom is -0.490 e. The maximum atomic E-state index is 5.64. The summed E-state index contributed by atoms with van der Waals surface area (Å²) in [6, 6.07) is 6.05. The smallest absolute Gasteiger partial charge is 0.209 e. The van der Waals surface area contributed by atoms with Crippen LogP contribution in [0.15, 0.2) is 23.4 Å². The van der Waals surface area contributed by atoms with Gasteiger partial charge in [-0.05, 0) is 42.0 Å². The first-order valence-corrected chi connectivity index (χ1v) is 8.67. The Morgan fingerprint density at radius 2 is 1.96 bits per heavy atom. The third kappa shape index (κ3) is 5.40. The normalized spacial score (nSPS) is 10.7. The first-order chi connectivity index (χ1) is 11.2. The summed E-state index contributed by atoms with van der Waals surface area (Å²) in [5, 5.41) is 15.6. The van der Waals surface area contributed by atoms with Crippen LogP contribution in [0, 0.1) is 0 Å². The molecule has 0 saturated carbocycles. The second-order valence-electron chi connectivity index (χ2n) is 4.76. The van der Waals surface area contributed by atoms with Gasteiger partial charge in [-0.1, -0.05) is 17.8 Å². The van der Waals surface area contributed by atoms with E-state index in [1.54, 1.807) is 16.4 Å². The Hall–Kier alpha value is -1.80. The minimum atomic E-state index is 0.624. The highest BCUT2D eigenvalue weighted by Gasteiger charge is 2.06. The van der Waals surface area contributed by atoms with Crippen molar-refractivity contribution in [3.8, 4) is 11.5 Å². The summed E-state index contributed by atoms with van der Waals surface area (Å²) >= 11 is 1.63. The average molecular weight is 337 g/mol. The van der Waals surface area contributed by atoms with E-state index in [0.717, 1.165) is 35.5 Å². The van der Waals surface area contributed by atoms with Crippen molar-refractivity contribution < 1.29 is 9.47 Å². The standard InChI is InChI=1S/C15H23N5O2S/c1-4-21-13-7-6-12(10-14(13)22-5-2)11-16-8-9-23-15-17-18-19-20(15)3/h6-7,10,16H,4-5,8-9,11H2,1-3H3. The maximum absolute atomic E-state index is 5.64. The number of hydrogen-bond donors (Lipinski definition) is 1. The second kappa shape index (κ2) is 9.36. The summed E-state index contributed by atoms with van der Waals surface area (Å²) in [4.78, 5) is 0. The van der Waals surface area contributed by atoms with Crippen LogP contribution in [0.25, 0.3) is 0 Å². The SMILES string of the molecule is CCOc1ccc(CNCCSc2nnnn2C)cc1OCC. The Balaban J connectivity index is 1.78. The Bertz CT molecular complexity index is 605. The Morgan fingerprint density at radius 1 is 1.17 bits per heavy atom. The molecule has 1 N–H and O–H groups in total. The molecule has 0 fully saturated rings. The molecule has 0 bridgehead atoms. The van der Waals surface area contributed by atoms with Crippen LogP contribution in [-0.4, -0.2) is 45.7 Å². The van der Waals surface area contributed by atoms with Gasteiger partial charge in [0.05, 0.1) is 13.2 Å². The molecule has 23 heavy (non-hydrogen) atoms. The van der Waals surface area contributed by atoms with Crippen LogP contribution >= 0.6 is 11.8 Å². The predicted molar refractivity (Wildman–Crippen MR) is 90.0 cm³/mol. The number of nitrogens with one attached hydrogen (secondary N) is 1. The first-order valence-electron chi connectivity index (χ1n) is 7.69. The zero-order chi connectivity index (χ0) is 16.5. The van der Waals surface area contributed by atoms with Crippen molar-refractivity contribution >= 4 is 11.8 Å². The lowest BCUT2D eigenvalue weighted by Crippen LogP contribution is -2.17. The topological polar surface area (TPSA) is 74.1 Å². The Kier molecular flexibility index (Phi) is 7.15. The number of rotatable bonds is 10. The molecule has 1 aromatic heterocycles. The van der Waals surface area contributed by atoms with Gasteiger partial charge >= 0.3 is 0 Å². The van der Waals surface area contributed by atoms with E-state index in [0.29, 0.717) is 13.2 Å². The number of tetrazole rings is 1. The second-order valence-corrected chi connectivity index (χ2v) is 5.82. The molecule has 0 spiro atoms. The first kappa shape index (κ1) is 17.6. The summed E-state index contributed by atoms with van der Waals surface area (Å²) < 4.78 is 12.9. The summed E-state index contributed by atoms with van der Waals surface area (Å²) in [5.74, 6) is 2.50. The highest BCUT2D eigenvalue weighted by molar-refractivity contribution is 7.99. The molecule has 126 valence electrons. The average Bonchev–Trinajstić information content (AvgIpc) is 2.95. The number of thioether (sulfide) groups is 1. The van der Waals surface area contributed by atoms with E-state index < -0.39 is 0 Å². The van der Waals surface area contributed by atoms with Gasteiger partial charge in [0.1, 0.15) is 0 Å². The zero-order valence-electron chi connectivity index (χ0n) is 13.8. The molecule has 0 saturated heterocycles. The highest BCUT2D eigenvalue weighted by Crippen LogP contribution is 2.28. The fourth-order valence-electron chi connectivity index (χ4n) is 2.00. The molecule has 7 nitrogen and oxygen atoms in total. The molecule has 2 aromatic rings.